The van der Waals surface area contributed by atoms with E-state index >= 15 is 0 Å². The van der Waals surface area contributed by atoms with Crippen molar-refractivity contribution in [2.45, 2.75) is 45.8 Å². The van der Waals surface area contributed by atoms with Crippen molar-refractivity contribution >= 4 is 5.91 Å². The Morgan fingerprint density at radius 3 is 2.71 bits per heavy atom. The fourth-order valence-corrected chi connectivity index (χ4v) is 2.38. The van der Waals surface area contributed by atoms with Gasteiger partial charge in [0.25, 0.3) is 0 Å². The first kappa shape index (κ1) is 14.5. The van der Waals surface area contributed by atoms with Gasteiger partial charge in [0, 0.05) is 20.2 Å². The zero-order valence-electron chi connectivity index (χ0n) is 11.5. The van der Waals surface area contributed by atoms with Crippen LogP contribution in [0.1, 0.15) is 33.6 Å². The molecule has 1 rings (SSSR count). The van der Waals surface area contributed by atoms with Crippen LogP contribution in [-0.2, 0) is 9.53 Å². The molecule has 17 heavy (non-hydrogen) atoms. The van der Waals surface area contributed by atoms with Gasteiger partial charge in [-0.15, -0.1) is 0 Å². The van der Waals surface area contributed by atoms with Crippen LogP contribution in [0.5, 0.6) is 0 Å². The number of piperidine rings is 1. The van der Waals surface area contributed by atoms with E-state index in [1.807, 2.05) is 4.90 Å². The number of ether oxygens (including phenoxy) is 1. The van der Waals surface area contributed by atoms with Gasteiger partial charge >= 0.3 is 0 Å². The summed E-state index contributed by atoms with van der Waals surface area (Å²) in [5.41, 5.74) is 5.94. The summed E-state index contributed by atoms with van der Waals surface area (Å²) in [6, 6.07) is -0.360. The number of hydrogen-bond donors (Lipinski definition) is 1. The van der Waals surface area contributed by atoms with Crippen LogP contribution in [0.3, 0.4) is 0 Å². The summed E-state index contributed by atoms with van der Waals surface area (Å²) in [6.07, 6.45) is 1.90. The molecule has 2 unspecified atom stereocenters. The molecular formula is C13H26N2O2. The molecule has 100 valence electrons. The first-order valence-corrected chi connectivity index (χ1v) is 6.52. The van der Waals surface area contributed by atoms with E-state index in [1.165, 1.54) is 0 Å². The maximum Gasteiger partial charge on any atom is 0.239 e. The first-order valence-electron chi connectivity index (χ1n) is 6.52. The fraction of sp³-hybridized carbons (Fsp3) is 0.923. The van der Waals surface area contributed by atoms with E-state index in [-0.39, 0.29) is 18.1 Å². The number of carbonyl (C=O) groups excluding carboxylic acids is 1. The van der Waals surface area contributed by atoms with Crippen LogP contribution in [0.25, 0.3) is 0 Å². The van der Waals surface area contributed by atoms with E-state index in [2.05, 4.69) is 20.8 Å². The van der Waals surface area contributed by atoms with Gasteiger partial charge in [-0.1, -0.05) is 20.8 Å². The molecule has 1 heterocycles. The number of amides is 1. The second kappa shape index (κ2) is 6.36. The minimum absolute atomic E-state index is 0.0765. The molecule has 0 spiro atoms. The van der Waals surface area contributed by atoms with Gasteiger partial charge in [0.1, 0.15) is 0 Å². The lowest BCUT2D eigenvalue weighted by atomic mass is 9.94. The van der Waals surface area contributed by atoms with E-state index < -0.39 is 0 Å². The Bertz CT molecular complexity index is 256. The first-order chi connectivity index (χ1) is 7.95. The molecule has 0 bridgehead atoms. The van der Waals surface area contributed by atoms with Crippen molar-refractivity contribution < 1.29 is 9.53 Å². The molecule has 1 aliphatic heterocycles. The predicted octanol–water partition coefficient (Wildman–Crippen LogP) is 1.24. The summed E-state index contributed by atoms with van der Waals surface area (Å²) in [6.45, 7) is 7.84. The highest BCUT2D eigenvalue weighted by Gasteiger charge is 2.30. The van der Waals surface area contributed by atoms with E-state index in [0.717, 1.165) is 19.4 Å². The Balaban J connectivity index is 2.52. The third kappa shape index (κ3) is 3.96. The molecule has 1 aliphatic rings. The summed E-state index contributed by atoms with van der Waals surface area (Å²) in [7, 11) is 1.71. The zero-order chi connectivity index (χ0) is 13.0. The average molecular weight is 242 g/mol. The third-order valence-corrected chi connectivity index (χ3v) is 3.55. The fourth-order valence-electron chi connectivity index (χ4n) is 2.38. The molecule has 2 N–H and O–H groups in total. The number of likely N-dealkylation sites (tertiary alicyclic amines) is 1. The number of rotatable bonds is 4. The largest absolute Gasteiger partial charge is 0.379 e. The maximum atomic E-state index is 12.1. The predicted molar refractivity (Wildman–Crippen MR) is 68.6 cm³/mol. The lowest BCUT2D eigenvalue weighted by molar-refractivity contribution is -0.138. The topological polar surface area (TPSA) is 55.6 Å². The van der Waals surface area contributed by atoms with Crippen LogP contribution in [-0.4, -0.2) is 43.2 Å². The number of nitrogens with zero attached hydrogens (tertiary/aromatic N) is 1. The number of methoxy groups -OCH3 is 1. The van der Waals surface area contributed by atoms with Crippen LogP contribution in [0.4, 0.5) is 0 Å². The molecule has 4 heteroatoms. The SMILES string of the molecule is COC1CN(C(=O)[C@@H](N)CC(C)C)CCC1C. The molecule has 0 aromatic rings. The van der Waals surface area contributed by atoms with Crippen LogP contribution in [0.15, 0.2) is 0 Å². The maximum absolute atomic E-state index is 12.1. The average Bonchev–Trinajstić information content (AvgIpc) is 2.27. The molecule has 0 aromatic heterocycles. The second-order valence-electron chi connectivity index (χ2n) is 5.56. The van der Waals surface area contributed by atoms with E-state index in [1.54, 1.807) is 7.11 Å². The zero-order valence-corrected chi connectivity index (χ0v) is 11.5. The van der Waals surface area contributed by atoms with Gasteiger partial charge in [-0.2, -0.15) is 0 Å². The molecule has 1 amide bonds. The molecule has 4 nitrogen and oxygen atoms in total. The van der Waals surface area contributed by atoms with Gasteiger partial charge in [-0.3, -0.25) is 4.79 Å². The quantitative estimate of drug-likeness (QED) is 0.807. The van der Waals surface area contributed by atoms with Gasteiger partial charge in [0.15, 0.2) is 0 Å². The number of nitrogens with two attached hydrogens (primary N) is 1. The molecular weight excluding hydrogens is 216 g/mol. The highest BCUT2D eigenvalue weighted by atomic mass is 16.5. The van der Waals surface area contributed by atoms with Gasteiger partial charge in [-0.25, -0.2) is 0 Å². The number of hydrogen-bond acceptors (Lipinski definition) is 3. The van der Waals surface area contributed by atoms with Crippen molar-refractivity contribution in [1.29, 1.82) is 0 Å². The molecule has 0 saturated carbocycles. The van der Waals surface area contributed by atoms with Crippen LogP contribution >= 0.6 is 0 Å². The van der Waals surface area contributed by atoms with Crippen molar-refractivity contribution in [2.24, 2.45) is 17.6 Å². The molecule has 3 atom stereocenters. The highest BCUT2D eigenvalue weighted by molar-refractivity contribution is 5.81. The van der Waals surface area contributed by atoms with E-state index in [9.17, 15) is 4.79 Å². The molecule has 0 radical (unpaired) electrons. The van der Waals surface area contributed by atoms with Crippen LogP contribution < -0.4 is 5.73 Å². The van der Waals surface area contributed by atoms with Crippen molar-refractivity contribution in [1.82, 2.24) is 4.90 Å². The minimum atomic E-state index is -0.360. The molecule has 0 aromatic carbocycles. The van der Waals surface area contributed by atoms with Crippen molar-refractivity contribution in [2.75, 3.05) is 20.2 Å². The lowest BCUT2D eigenvalue weighted by Crippen LogP contribution is -2.52. The highest BCUT2D eigenvalue weighted by Crippen LogP contribution is 2.20. The monoisotopic (exact) mass is 242 g/mol. The summed E-state index contributed by atoms with van der Waals surface area (Å²) in [5, 5.41) is 0. The molecule has 1 saturated heterocycles. The standard InChI is InChI=1S/C13H26N2O2/c1-9(2)7-11(14)13(16)15-6-5-10(3)12(8-15)17-4/h9-12H,5-8,14H2,1-4H3/t10?,11-,12?/m0/s1. The lowest BCUT2D eigenvalue weighted by Gasteiger charge is -2.37. The number of carbonyl (C=O) groups is 1. The smallest absolute Gasteiger partial charge is 0.239 e. The van der Waals surface area contributed by atoms with Crippen LogP contribution in [0, 0.1) is 11.8 Å². The van der Waals surface area contributed by atoms with Crippen molar-refractivity contribution in [3.8, 4) is 0 Å². The normalized spacial score (nSPS) is 27.3. The Morgan fingerprint density at radius 1 is 1.53 bits per heavy atom. The second-order valence-corrected chi connectivity index (χ2v) is 5.56. The third-order valence-electron chi connectivity index (χ3n) is 3.55. The van der Waals surface area contributed by atoms with Crippen LogP contribution in [0.2, 0.25) is 0 Å². The Labute approximate surface area is 104 Å². The minimum Gasteiger partial charge on any atom is -0.379 e. The van der Waals surface area contributed by atoms with Gasteiger partial charge in [0.2, 0.25) is 5.91 Å². The van der Waals surface area contributed by atoms with Crippen molar-refractivity contribution in [3.63, 3.8) is 0 Å². The Kier molecular flexibility index (Phi) is 5.40. The Hall–Kier alpha value is -0.610. The van der Waals surface area contributed by atoms with Gasteiger partial charge in [-0.05, 0) is 24.7 Å². The van der Waals surface area contributed by atoms with Crippen molar-refractivity contribution in [3.05, 3.63) is 0 Å². The summed E-state index contributed by atoms with van der Waals surface area (Å²) < 4.78 is 5.41. The van der Waals surface area contributed by atoms with E-state index in [4.69, 9.17) is 10.5 Å². The summed E-state index contributed by atoms with van der Waals surface area (Å²) in [5.74, 6) is 1.05. The molecule has 1 fully saturated rings. The summed E-state index contributed by atoms with van der Waals surface area (Å²) in [4.78, 5) is 14.0. The Morgan fingerprint density at radius 2 is 2.18 bits per heavy atom. The molecule has 0 aliphatic carbocycles. The van der Waals surface area contributed by atoms with Gasteiger partial charge in [0.05, 0.1) is 12.1 Å². The van der Waals surface area contributed by atoms with E-state index in [0.29, 0.717) is 18.4 Å². The summed E-state index contributed by atoms with van der Waals surface area (Å²) >= 11 is 0. The van der Waals surface area contributed by atoms with Gasteiger partial charge < -0.3 is 15.4 Å².